The Hall–Kier alpha value is -0.220. The van der Waals surface area contributed by atoms with Gasteiger partial charge in [0.05, 0.1) is 6.54 Å². The van der Waals surface area contributed by atoms with E-state index in [4.69, 9.17) is 4.74 Å². The van der Waals surface area contributed by atoms with Crippen LogP contribution in [-0.4, -0.2) is 36.7 Å². The molecular weight excluding hydrogens is 232 g/mol. The molecule has 1 saturated carbocycles. The van der Waals surface area contributed by atoms with Crippen molar-refractivity contribution in [2.24, 2.45) is 16.8 Å². The molecule has 4 heteroatoms. The van der Waals surface area contributed by atoms with E-state index >= 15 is 0 Å². The van der Waals surface area contributed by atoms with Gasteiger partial charge in [-0.1, -0.05) is 25.6 Å². The Balaban J connectivity index is 1.45. The van der Waals surface area contributed by atoms with Crippen molar-refractivity contribution >= 4 is 16.9 Å². The number of nitrogens with one attached hydrogen (secondary N) is 1. The molecule has 1 heterocycles. The van der Waals surface area contributed by atoms with Crippen LogP contribution >= 0.6 is 11.8 Å². The van der Waals surface area contributed by atoms with Crippen molar-refractivity contribution in [3.8, 4) is 0 Å². The van der Waals surface area contributed by atoms with Gasteiger partial charge in [-0.3, -0.25) is 4.99 Å². The fourth-order valence-electron chi connectivity index (χ4n) is 1.89. The molecule has 2 rings (SSSR count). The molecule has 1 aliphatic heterocycles. The molecule has 0 spiro atoms. The summed E-state index contributed by atoms with van der Waals surface area (Å²) in [5.41, 5.74) is 0. The van der Waals surface area contributed by atoms with E-state index < -0.39 is 0 Å². The second-order valence-corrected chi connectivity index (χ2v) is 6.62. The highest BCUT2D eigenvalue weighted by atomic mass is 32.2. The van der Waals surface area contributed by atoms with Gasteiger partial charge in [0.1, 0.15) is 0 Å². The van der Waals surface area contributed by atoms with Gasteiger partial charge >= 0.3 is 0 Å². The quantitative estimate of drug-likeness (QED) is 0.711. The monoisotopic (exact) mass is 256 g/mol. The standard InChI is InChI=1S/C13H24N2OS/c1-10(2)9-16-7-3-6-14-13-15-8-12(17-13)11-4-5-11/h10-12H,3-9H2,1-2H3,(H,14,15). The summed E-state index contributed by atoms with van der Waals surface area (Å²) in [5.74, 6) is 1.59. The molecule has 0 aromatic rings. The highest BCUT2D eigenvalue weighted by Gasteiger charge is 2.35. The topological polar surface area (TPSA) is 33.6 Å². The van der Waals surface area contributed by atoms with Crippen molar-refractivity contribution in [1.29, 1.82) is 0 Å². The van der Waals surface area contributed by atoms with Crippen LogP contribution in [0.25, 0.3) is 0 Å². The fourth-order valence-corrected chi connectivity index (χ4v) is 3.13. The number of hydrogen-bond acceptors (Lipinski definition) is 4. The predicted octanol–water partition coefficient (Wildman–Crippen LogP) is 2.52. The Kier molecular flexibility index (Phi) is 5.16. The lowest BCUT2D eigenvalue weighted by Gasteiger charge is -2.09. The van der Waals surface area contributed by atoms with Crippen molar-refractivity contribution in [3.05, 3.63) is 0 Å². The van der Waals surface area contributed by atoms with E-state index in [0.717, 1.165) is 49.1 Å². The summed E-state index contributed by atoms with van der Waals surface area (Å²) in [7, 11) is 0. The van der Waals surface area contributed by atoms with Crippen LogP contribution in [0.2, 0.25) is 0 Å². The van der Waals surface area contributed by atoms with Crippen LogP contribution in [0.3, 0.4) is 0 Å². The Bertz CT molecular complexity index is 264. The van der Waals surface area contributed by atoms with Gasteiger partial charge in [0.2, 0.25) is 0 Å². The third-order valence-electron chi connectivity index (χ3n) is 3.02. The van der Waals surface area contributed by atoms with E-state index in [-0.39, 0.29) is 0 Å². The highest BCUT2D eigenvalue weighted by molar-refractivity contribution is 8.14. The first-order chi connectivity index (χ1) is 8.25. The zero-order chi connectivity index (χ0) is 12.1. The molecular formula is C13H24N2OS. The summed E-state index contributed by atoms with van der Waals surface area (Å²) in [6.45, 7) is 8.11. The number of thioether (sulfide) groups is 1. The minimum absolute atomic E-state index is 0.636. The van der Waals surface area contributed by atoms with E-state index in [2.05, 4.69) is 24.2 Å². The number of nitrogens with zero attached hydrogens (tertiary/aromatic N) is 1. The molecule has 0 radical (unpaired) electrons. The molecule has 1 aliphatic carbocycles. The molecule has 1 N–H and O–H groups in total. The van der Waals surface area contributed by atoms with E-state index in [9.17, 15) is 0 Å². The van der Waals surface area contributed by atoms with Crippen molar-refractivity contribution in [1.82, 2.24) is 5.32 Å². The number of ether oxygens (including phenoxy) is 1. The highest BCUT2D eigenvalue weighted by Crippen LogP contribution is 2.41. The molecule has 0 bridgehead atoms. The molecule has 0 aromatic heterocycles. The second-order valence-electron chi connectivity index (χ2n) is 5.39. The lowest BCUT2D eigenvalue weighted by Crippen LogP contribution is -2.22. The van der Waals surface area contributed by atoms with Crippen LogP contribution in [0.5, 0.6) is 0 Å². The van der Waals surface area contributed by atoms with Gasteiger partial charge in [0.15, 0.2) is 5.17 Å². The Morgan fingerprint density at radius 1 is 1.47 bits per heavy atom. The lowest BCUT2D eigenvalue weighted by molar-refractivity contribution is 0.108. The van der Waals surface area contributed by atoms with Crippen LogP contribution < -0.4 is 5.32 Å². The minimum Gasteiger partial charge on any atom is -0.381 e. The maximum absolute atomic E-state index is 5.54. The molecule has 0 aromatic carbocycles. The van der Waals surface area contributed by atoms with Gasteiger partial charge in [-0.05, 0) is 31.1 Å². The maximum atomic E-state index is 5.54. The predicted molar refractivity (Wildman–Crippen MR) is 74.7 cm³/mol. The third-order valence-corrected chi connectivity index (χ3v) is 4.35. The van der Waals surface area contributed by atoms with E-state index in [1.54, 1.807) is 0 Å². The summed E-state index contributed by atoms with van der Waals surface area (Å²) in [5, 5.41) is 5.35. The largest absolute Gasteiger partial charge is 0.381 e. The van der Waals surface area contributed by atoms with E-state index in [1.165, 1.54) is 12.8 Å². The van der Waals surface area contributed by atoms with Gasteiger partial charge in [-0.2, -0.15) is 0 Å². The molecule has 3 nitrogen and oxygen atoms in total. The molecule has 0 saturated heterocycles. The molecule has 98 valence electrons. The minimum atomic E-state index is 0.636. The average molecular weight is 256 g/mol. The van der Waals surface area contributed by atoms with Crippen LogP contribution in [0.4, 0.5) is 0 Å². The van der Waals surface area contributed by atoms with Gasteiger partial charge < -0.3 is 10.1 Å². The number of rotatable bonds is 7. The first-order valence-electron chi connectivity index (χ1n) is 6.78. The smallest absolute Gasteiger partial charge is 0.156 e. The number of hydrogen-bond donors (Lipinski definition) is 1. The lowest BCUT2D eigenvalue weighted by atomic mass is 10.2. The summed E-state index contributed by atoms with van der Waals surface area (Å²) < 4.78 is 5.54. The van der Waals surface area contributed by atoms with Crippen LogP contribution in [0.15, 0.2) is 4.99 Å². The summed E-state index contributed by atoms with van der Waals surface area (Å²) in [6, 6.07) is 0. The van der Waals surface area contributed by atoms with Crippen molar-refractivity contribution in [3.63, 3.8) is 0 Å². The molecule has 1 atom stereocenters. The Morgan fingerprint density at radius 3 is 3.00 bits per heavy atom. The zero-order valence-corrected chi connectivity index (χ0v) is 11.8. The van der Waals surface area contributed by atoms with Crippen molar-refractivity contribution in [2.75, 3.05) is 26.3 Å². The molecule has 17 heavy (non-hydrogen) atoms. The average Bonchev–Trinajstić information content (AvgIpc) is 3.04. The number of amidine groups is 1. The SMILES string of the molecule is CC(C)COCCCNC1=NCC(C2CC2)S1. The van der Waals surface area contributed by atoms with E-state index in [1.807, 2.05) is 11.8 Å². The van der Waals surface area contributed by atoms with Gasteiger partial charge in [0, 0.05) is 25.0 Å². The first-order valence-corrected chi connectivity index (χ1v) is 7.66. The van der Waals surface area contributed by atoms with Gasteiger partial charge in [0.25, 0.3) is 0 Å². The summed E-state index contributed by atoms with van der Waals surface area (Å²) in [6.07, 6.45) is 3.91. The molecule has 1 fully saturated rings. The normalized spacial score (nSPS) is 24.2. The fraction of sp³-hybridized carbons (Fsp3) is 0.923. The Labute approximate surface area is 109 Å². The summed E-state index contributed by atoms with van der Waals surface area (Å²) >= 11 is 1.95. The first kappa shape index (κ1) is 13.2. The maximum Gasteiger partial charge on any atom is 0.156 e. The second kappa shape index (κ2) is 6.64. The van der Waals surface area contributed by atoms with Crippen LogP contribution in [0, 0.1) is 11.8 Å². The summed E-state index contributed by atoms with van der Waals surface area (Å²) in [4.78, 5) is 4.55. The van der Waals surface area contributed by atoms with Crippen LogP contribution in [0.1, 0.15) is 33.1 Å². The Morgan fingerprint density at radius 2 is 2.29 bits per heavy atom. The zero-order valence-electron chi connectivity index (χ0n) is 10.9. The van der Waals surface area contributed by atoms with Crippen molar-refractivity contribution < 1.29 is 4.74 Å². The third kappa shape index (κ3) is 4.88. The van der Waals surface area contributed by atoms with Crippen LogP contribution in [-0.2, 0) is 4.74 Å². The van der Waals surface area contributed by atoms with Gasteiger partial charge in [-0.15, -0.1) is 0 Å². The van der Waals surface area contributed by atoms with Gasteiger partial charge in [-0.25, -0.2) is 0 Å². The van der Waals surface area contributed by atoms with Crippen molar-refractivity contribution in [2.45, 2.75) is 38.4 Å². The molecule has 2 aliphatic rings. The molecule has 1 unspecified atom stereocenters. The van der Waals surface area contributed by atoms with E-state index in [0.29, 0.717) is 5.92 Å². The molecule has 0 amide bonds. The number of aliphatic imine (C=N–C) groups is 1.